The van der Waals surface area contributed by atoms with Crippen LogP contribution in [0.15, 0.2) is 48.8 Å². The maximum atomic E-state index is 10.8. The zero-order valence-electron chi connectivity index (χ0n) is 8.65. The van der Waals surface area contributed by atoms with Gasteiger partial charge in [-0.15, -0.1) is 0 Å². The number of carboxylic acid groups (broad SMARTS) is 1. The lowest BCUT2D eigenvalue weighted by Gasteiger charge is -2.15. The van der Waals surface area contributed by atoms with Gasteiger partial charge in [0.1, 0.15) is 0 Å². The molecule has 0 aliphatic carbocycles. The first-order valence-corrected chi connectivity index (χ1v) is 5.03. The summed E-state index contributed by atoms with van der Waals surface area (Å²) in [7, 11) is 0. The molecule has 4 heteroatoms. The van der Waals surface area contributed by atoms with E-state index in [-0.39, 0.29) is 12.5 Å². The van der Waals surface area contributed by atoms with Crippen molar-refractivity contribution in [3.63, 3.8) is 0 Å². The summed E-state index contributed by atoms with van der Waals surface area (Å²) >= 11 is 0. The Bertz CT molecular complexity index is 451. The van der Waals surface area contributed by atoms with Gasteiger partial charge in [-0.1, -0.05) is 30.3 Å². The molecule has 4 nitrogen and oxygen atoms in total. The Morgan fingerprint density at radius 2 is 2.06 bits per heavy atom. The molecule has 0 spiro atoms. The van der Waals surface area contributed by atoms with E-state index in [0.717, 1.165) is 5.56 Å². The maximum Gasteiger partial charge on any atom is 0.305 e. The molecule has 0 saturated heterocycles. The van der Waals surface area contributed by atoms with Gasteiger partial charge in [0.2, 0.25) is 0 Å². The van der Waals surface area contributed by atoms with E-state index >= 15 is 0 Å². The lowest BCUT2D eigenvalue weighted by Crippen LogP contribution is -2.15. The Labute approximate surface area is 93.1 Å². The predicted molar refractivity (Wildman–Crippen MR) is 59.1 cm³/mol. The molecule has 1 aromatic heterocycles. The van der Waals surface area contributed by atoms with E-state index in [4.69, 9.17) is 5.11 Å². The Kier molecular flexibility index (Phi) is 3.00. The lowest BCUT2D eigenvalue weighted by atomic mass is 10.0. The zero-order valence-corrected chi connectivity index (χ0v) is 8.65. The highest BCUT2D eigenvalue weighted by atomic mass is 16.4. The zero-order chi connectivity index (χ0) is 11.4. The second-order valence-corrected chi connectivity index (χ2v) is 3.51. The number of benzene rings is 1. The van der Waals surface area contributed by atoms with E-state index in [0.29, 0.717) is 0 Å². The number of aliphatic carboxylic acids is 1. The van der Waals surface area contributed by atoms with Crippen LogP contribution >= 0.6 is 0 Å². The average Bonchev–Trinajstić information content (AvgIpc) is 2.80. The Balaban J connectivity index is 2.32. The van der Waals surface area contributed by atoms with Crippen molar-refractivity contribution in [2.24, 2.45) is 0 Å². The number of nitrogens with zero attached hydrogens (tertiary/aromatic N) is 2. The van der Waals surface area contributed by atoms with Crippen LogP contribution in [0, 0.1) is 0 Å². The number of rotatable bonds is 4. The molecule has 2 aromatic rings. The van der Waals surface area contributed by atoms with E-state index in [2.05, 4.69) is 5.10 Å². The van der Waals surface area contributed by atoms with Gasteiger partial charge in [-0.25, -0.2) is 0 Å². The van der Waals surface area contributed by atoms with Gasteiger partial charge in [0.05, 0.1) is 12.5 Å². The van der Waals surface area contributed by atoms with E-state index in [9.17, 15) is 4.79 Å². The van der Waals surface area contributed by atoms with Crippen LogP contribution in [-0.2, 0) is 4.79 Å². The fraction of sp³-hybridized carbons (Fsp3) is 0.167. The number of hydrogen-bond donors (Lipinski definition) is 1. The summed E-state index contributed by atoms with van der Waals surface area (Å²) in [5, 5.41) is 13.0. The van der Waals surface area contributed by atoms with Gasteiger partial charge in [0.15, 0.2) is 0 Å². The molecular formula is C12H12N2O2. The first-order chi connectivity index (χ1) is 7.77. The van der Waals surface area contributed by atoms with Crippen molar-refractivity contribution in [3.8, 4) is 0 Å². The van der Waals surface area contributed by atoms with Gasteiger partial charge < -0.3 is 5.11 Å². The third kappa shape index (κ3) is 2.28. The molecule has 0 aliphatic heterocycles. The largest absolute Gasteiger partial charge is 0.481 e. The molecule has 1 N–H and O–H groups in total. The van der Waals surface area contributed by atoms with E-state index in [1.807, 2.05) is 30.3 Å². The van der Waals surface area contributed by atoms with Gasteiger partial charge in [0, 0.05) is 12.4 Å². The molecule has 16 heavy (non-hydrogen) atoms. The first kappa shape index (κ1) is 10.4. The van der Waals surface area contributed by atoms with E-state index in [1.165, 1.54) is 0 Å². The molecule has 1 unspecified atom stereocenters. The molecule has 0 fully saturated rings. The van der Waals surface area contributed by atoms with Gasteiger partial charge in [0.25, 0.3) is 0 Å². The van der Waals surface area contributed by atoms with Crippen LogP contribution in [0.25, 0.3) is 0 Å². The smallest absolute Gasteiger partial charge is 0.305 e. The summed E-state index contributed by atoms with van der Waals surface area (Å²) in [5.41, 5.74) is 0.952. The highest BCUT2D eigenvalue weighted by Gasteiger charge is 2.17. The van der Waals surface area contributed by atoms with Crippen molar-refractivity contribution < 1.29 is 9.90 Å². The number of hydrogen-bond acceptors (Lipinski definition) is 2. The minimum Gasteiger partial charge on any atom is -0.481 e. The quantitative estimate of drug-likeness (QED) is 0.849. The van der Waals surface area contributed by atoms with Gasteiger partial charge in [-0.05, 0) is 11.6 Å². The fourth-order valence-corrected chi connectivity index (χ4v) is 1.67. The van der Waals surface area contributed by atoms with Crippen LogP contribution < -0.4 is 0 Å². The Hall–Kier alpha value is -2.10. The van der Waals surface area contributed by atoms with Crippen LogP contribution in [0.5, 0.6) is 0 Å². The monoisotopic (exact) mass is 216 g/mol. The Morgan fingerprint density at radius 1 is 1.31 bits per heavy atom. The molecule has 0 saturated carbocycles. The molecule has 2 rings (SSSR count). The van der Waals surface area contributed by atoms with Crippen molar-refractivity contribution >= 4 is 5.97 Å². The van der Waals surface area contributed by atoms with Crippen molar-refractivity contribution in [2.45, 2.75) is 12.5 Å². The van der Waals surface area contributed by atoms with Crippen LogP contribution in [0.1, 0.15) is 18.0 Å². The summed E-state index contributed by atoms with van der Waals surface area (Å²) < 4.78 is 1.67. The van der Waals surface area contributed by atoms with E-state index in [1.54, 1.807) is 23.1 Å². The topological polar surface area (TPSA) is 55.1 Å². The normalized spacial score (nSPS) is 12.2. The Morgan fingerprint density at radius 3 is 2.62 bits per heavy atom. The van der Waals surface area contributed by atoms with Crippen molar-refractivity contribution in [1.29, 1.82) is 0 Å². The van der Waals surface area contributed by atoms with Crippen molar-refractivity contribution in [1.82, 2.24) is 9.78 Å². The van der Waals surface area contributed by atoms with Crippen molar-refractivity contribution in [3.05, 3.63) is 54.4 Å². The summed E-state index contributed by atoms with van der Waals surface area (Å²) in [6.07, 6.45) is 3.46. The van der Waals surface area contributed by atoms with Gasteiger partial charge >= 0.3 is 5.97 Å². The number of carbonyl (C=O) groups is 1. The second-order valence-electron chi connectivity index (χ2n) is 3.51. The third-order valence-corrected chi connectivity index (χ3v) is 2.40. The lowest BCUT2D eigenvalue weighted by molar-refractivity contribution is -0.137. The average molecular weight is 216 g/mol. The molecule has 0 amide bonds. The summed E-state index contributed by atoms with van der Waals surface area (Å²) in [6.45, 7) is 0. The van der Waals surface area contributed by atoms with Gasteiger partial charge in [-0.2, -0.15) is 5.10 Å². The molecule has 0 aliphatic rings. The molecule has 82 valence electrons. The highest BCUT2D eigenvalue weighted by Crippen LogP contribution is 2.20. The third-order valence-electron chi connectivity index (χ3n) is 2.40. The van der Waals surface area contributed by atoms with Crippen LogP contribution in [0.2, 0.25) is 0 Å². The minimum atomic E-state index is -0.829. The standard InChI is InChI=1S/C12H12N2O2/c15-12(16)9-11(14-8-4-7-13-14)10-5-2-1-3-6-10/h1-8,11H,9H2,(H,15,16). The molecule has 1 heterocycles. The first-order valence-electron chi connectivity index (χ1n) is 5.03. The predicted octanol–water partition coefficient (Wildman–Crippen LogP) is 1.95. The van der Waals surface area contributed by atoms with Crippen molar-refractivity contribution in [2.75, 3.05) is 0 Å². The molecule has 0 bridgehead atoms. The molecule has 1 aromatic carbocycles. The van der Waals surface area contributed by atoms with E-state index < -0.39 is 5.97 Å². The van der Waals surface area contributed by atoms with Gasteiger partial charge in [-0.3, -0.25) is 9.48 Å². The maximum absolute atomic E-state index is 10.8. The van der Waals surface area contributed by atoms with Crippen LogP contribution in [0.3, 0.4) is 0 Å². The SMILES string of the molecule is O=C(O)CC(c1ccccc1)n1cccn1. The second kappa shape index (κ2) is 4.61. The summed E-state index contributed by atoms with van der Waals surface area (Å²) in [6, 6.07) is 11.1. The van der Waals surface area contributed by atoms with Crippen LogP contribution in [0.4, 0.5) is 0 Å². The number of carboxylic acids is 1. The minimum absolute atomic E-state index is 0.0334. The fourth-order valence-electron chi connectivity index (χ4n) is 1.67. The molecular weight excluding hydrogens is 204 g/mol. The summed E-state index contributed by atoms with van der Waals surface area (Å²) in [4.78, 5) is 10.8. The number of aromatic nitrogens is 2. The summed E-state index contributed by atoms with van der Waals surface area (Å²) in [5.74, 6) is -0.829. The molecule has 0 radical (unpaired) electrons. The highest BCUT2D eigenvalue weighted by molar-refractivity contribution is 5.68. The molecule has 1 atom stereocenters. The van der Waals surface area contributed by atoms with Crippen LogP contribution in [-0.4, -0.2) is 20.9 Å².